The van der Waals surface area contributed by atoms with Crippen molar-refractivity contribution in [2.45, 2.75) is 24.5 Å². The second kappa shape index (κ2) is 9.00. The van der Waals surface area contributed by atoms with Crippen molar-refractivity contribution in [3.63, 3.8) is 0 Å². The van der Waals surface area contributed by atoms with Gasteiger partial charge in [0.25, 0.3) is 5.91 Å². The van der Waals surface area contributed by atoms with Crippen LogP contribution in [0.1, 0.15) is 26.5 Å². The van der Waals surface area contributed by atoms with Gasteiger partial charge in [0.05, 0.1) is 16.2 Å². The van der Waals surface area contributed by atoms with Gasteiger partial charge in [0.1, 0.15) is 9.88 Å². The highest BCUT2D eigenvalue weighted by Gasteiger charge is 2.30. The second-order valence-corrected chi connectivity index (χ2v) is 10.3. The maximum Gasteiger partial charge on any atom is 0.416 e. The summed E-state index contributed by atoms with van der Waals surface area (Å²) >= 11 is 1.09. The van der Waals surface area contributed by atoms with E-state index in [1.165, 1.54) is 38.4 Å². The van der Waals surface area contributed by atoms with E-state index in [0.29, 0.717) is 26.7 Å². The van der Waals surface area contributed by atoms with E-state index in [4.69, 9.17) is 0 Å². The van der Waals surface area contributed by atoms with E-state index < -0.39 is 21.8 Å². The highest BCUT2D eigenvalue weighted by Crippen LogP contribution is 2.33. The molecular weight excluding hydrogens is 463 g/mol. The summed E-state index contributed by atoms with van der Waals surface area (Å²) in [4.78, 5) is 17.4. The first-order chi connectivity index (χ1) is 14.9. The molecule has 1 amide bonds. The molecule has 1 N–H and O–H groups in total. The number of sulfonamides is 1. The third-order valence-corrected chi connectivity index (χ3v) is 7.65. The number of nitrogens with one attached hydrogen (secondary N) is 1. The van der Waals surface area contributed by atoms with Gasteiger partial charge in [-0.2, -0.15) is 13.2 Å². The Morgan fingerprint density at radius 1 is 1.06 bits per heavy atom. The number of benzene rings is 2. The lowest BCUT2D eigenvalue weighted by Crippen LogP contribution is -2.23. The predicted molar refractivity (Wildman–Crippen MR) is 116 cm³/mol. The molecule has 0 fully saturated rings. The number of thiazole rings is 1. The fourth-order valence-electron chi connectivity index (χ4n) is 2.79. The first-order valence-electron chi connectivity index (χ1n) is 9.34. The number of alkyl halides is 3. The number of aryl methyl sites for hydroxylation is 1. The molecule has 0 bridgehead atoms. The van der Waals surface area contributed by atoms with Crippen LogP contribution in [0.5, 0.6) is 0 Å². The molecular formula is C21H20F3N3O3S2. The van der Waals surface area contributed by atoms with E-state index in [9.17, 15) is 26.4 Å². The molecule has 11 heteroatoms. The molecule has 0 radical (unpaired) electrons. The third-order valence-electron chi connectivity index (χ3n) is 4.62. The van der Waals surface area contributed by atoms with Crippen molar-refractivity contribution < 1.29 is 26.4 Å². The van der Waals surface area contributed by atoms with Crippen molar-refractivity contribution in [2.24, 2.45) is 0 Å². The van der Waals surface area contributed by atoms with Crippen LogP contribution in [-0.4, -0.2) is 37.7 Å². The normalized spacial score (nSPS) is 12.2. The molecule has 1 aromatic heterocycles. The van der Waals surface area contributed by atoms with Crippen molar-refractivity contribution in [1.82, 2.24) is 14.6 Å². The van der Waals surface area contributed by atoms with Gasteiger partial charge in [-0.25, -0.2) is 17.7 Å². The van der Waals surface area contributed by atoms with Crippen LogP contribution in [-0.2, 0) is 22.7 Å². The van der Waals surface area contributed by atoms with Crippen LogP contribution in [0.25, 0.3) is 10.6 Å². The Hall–Kier alpha value is -2.76. The molecule has 0 atom stereocenters. The molecule has 3 aromatic rings. The van der Waals surface area contributed by atoms with Gasteiger partial charge in [0.15, 0.2) is 0 Å². The minimum Gasteiger partial charge on any atom is -0.347 e. The van der Waals surface area contributed by atoms with Gasteiger partial charge < -0.3 is 5.32 Å². The van der Waals surface area contributed by atoms with Crippen molar-refractivity contribution in [2.75, 3.05) is 14.1 Å². The Balaban J connectivity index is 1.69. The van der Waals surface area contributed by atoms with Crippen LogP contribution in [0.3, 0.4) is 0 Å². The van der Waals surface area contributed by atoms with Gasteiger partial charge in [-0.05, 0) is 36.8 Å². The summed E-state index contributed by atoms with van der Waals surface area (Å²) < 4.78 is 63.6. The molecule has 32 heavy (non-hydrogen) atoms. The number of carbonyl (C=O) groups excluding carboxylic acids is 1. The molecule has 0 aliphatic rings. The number of nitrogens with zero attached hydrogens (tertiary/aromatic N) is 2. The van der Waals surface area contributed by atoms with Crippen LogP contribution >= 0.6 is 11.3 Å². The zero-order chi connectivity index (χ0) is 23.7. The summed E-state index contributed by atoms with van der Waals surface area (Å²) in [5, 5.41) is 3.20. The molecule has 0 aliphatic carbocycles. The molecule has 1 heterocycles. The van der Waals surface area contributed by atoms with Gasteiger partial charge in [-0.15, -0.1) is 11.3 Å². The van der Waals surface area contributed by atoms with E-state index >= 15 is 0 Å². The number of aromatic nitrogens is 1. The van der Waals surface area contributed by atoms with Crippen LogP contribution in [0.15, 0.2) is 53.4 Å². The van der Waals surface area contributed by atoms with Gasteiger partial charge in [0, 0.05) is 26.2 Å². The lowest BCUT2D eigenvalue weighted by molar-refractivity contribution is -0.137. The zero-order valence-electron chi connectivity index (χ0n) is 17.4. The van der Waals surface area contributed by atoms with Crippen molar-refractivity contribution in [3.05, 3.63) is 70.2 Å². The molecule has 2 aromatic carbocycles. The average molecular weight is 484 g/mol. The van der Waals surface area contributed by atoms with Crippen molar-refractivity contribution in [3.8, 4) is 10.6 Å². The Morgan fingerprint density at radius 2 is 1.66 bits per heavy atom. The van der Waals surface area contributed by atoms with E-state index in [2.05, 4.69) is 10.3 Å². The summed E-state index contributed by atoms with van der Waals surface area (Å²) in [6.07, 6.45) is -4.42. The van der Waals surface area contributed by atoms with Gasteiger partial charge in [-0.1, -0.05) is 24.3 Å². The van der Waals surface area contributed by atoms with Crippen LogP contribution in [0.2, 0.25) is 0 Å². The Labute approximate surface area is 187 Å². The Kier molecular flexibility index (Phi) is 6.72. The van der Waals surface area contributed by atoms with Gasteiger partial charge >= 0.3 is 6.18 Å². The number of amides is 1. The van der Waals surface area contributed by atoms with Crippen LogP contribution in [0.4, 0.5) is 13.2 Å². The summed E-state index contributed by atoms with van der Waals surface area (Å²) in [7, 11) is -0.643. The van der Waals surface area contributed by atoms with E-state index in [0.717, 1.165) is 27.8 Å². The SMILES string of the molecule is Cc1nc(-c2ccc(C(F)(F)F)cc2)sc1C(=O)NCc1ccc(S(=O)(=O)N(C)C)cc1. The zero-order valence-corrected chi connectivity index (χ0v) is 19.0. The predicted octanol–water partition coefficient (Wildman–Crippen LogP) is 4.32. The Bertz CT molecular complexity index is 1220. The van der Waals surface area contributed by atoms with Gasteiger partial charge in [-0.3, -0.25) is 4.79 Å². The summed E-state index contributed by atoms with van der Waals surface area (Å²) in [5.41, 5.74) is 0.913. The molecule has 0 saturated heterocycles. The molecule has 0 saturated carbocycles. The molecule has 0 unspecified atom stereocenters. The van der Waals surface area contributed by atoms with Crippen molar-refractivity contribution >= 4 is 27.3 Å². The highest BCUT2D eigenvalue weighted by molar-refractivity contribution is 7.89. The number of hydrogen-bond donors (Lipinski definition) is 1. The minimum absolute atomic E-state index is 0.150. The molecule has 0 aliphatic heterocycles. The Morgan fingerprint density at radius 3 is 2.19 bits per heavy atom. The molecule has 3 rings (SSSR count). The third kappa shape index (κ3) is 5.17. The molecule has 0 spiro atoms. The fourth-order valence-corrected chi connectivity index (χ4v) is 4.67. The average Bonchev–Trinajstić information content (AvgIpc) is 3.13. The molecule has 170 valence electrons. The highest BCUT2D eigenvalue weighted by atomic mass is 32.2. The lowest BCUT2D eigenvalue weighted by atomic mass is 10.1. The topological polar surface area (TPSA) is 79.4 Å². The number of hydrogen-bond acceptors (Lipinski definition) is 5. The van der Waals surface area contributed by atoms with Crippen LogP contribution in [0, 0.1) is 6.92 Å². The summed E-state index contributed by atoms with van der Waals surface area (Å²) in [5.74, 6) is -0.372. The van der Waals surface area contributed by atoms with E-state index in [1.807, 2.05) is 0 Å². The maximum absolute atomic E-state index is 12.7. The second-order valence-electron chi connectivity index (χ2n) is 7.12. The first-order valence-corrected chi connectivity index (χ1v) is 11.6. The largest absolute Gasteiger partial charge is 0.416 e. The van der Waals surface area contributed by atoms with Crippen LogP contribution < -0.4 is 5.32 Å². The summed E-state index contributed by atoms with van der Waals surface area (Å²) in [6, 6.07) is 10.8. The molecule has 6 nitrogen and oxygen atoms in total. The van der Waals surface area contributed by atoms with Gasteiger partial charge in [0.2, 0.25) is 10.0 Å². The standard InChI is InChI=1S/C21H20F3N3O3S2/c1-13-18(31-20(26-13)15-6-8-16(9-7-15)21(22,23)24)19(28)25-12-14-4-10-17(11-5-14)32(29,30)27(2)3/h4-11H,12H2,1-3H3,(H,25,28). The first kappa shape index (κ1) is 23.9. The lowest BCUT2D eigenvalue weighted by Gasteiger charge is -2.11. The number of carbonyl (C=O) groups is 1. The number of halogens is 3. The fraction of sp³-hybridized carbons (Fsp3) is 0.238. The smallest absolute Gasteiger partial charge is 0.347 e. The van der Waals surface area contributed by atoms with E-state index in [1.54, 1.807) is 19.1 Å². The monoisotopic (exact) mass is 483 g/mol. The number of rotatable bonds is 6. The van der Waals surface area contributed by atoms with Crippen molar-refractivity contribution in [1.29, 1.82) is 0 Å². The quantitative estimate of drug-likeness (QED) is 0.567. The minimum atomic E-state index is -4.42. The summed E-state index contributed by atoms with van der Waals surface area (Å²) in [6.45, 7) is 1.83. The van der Waals surface area contributed by atoms with E-state index in [-0.39, 0.29) is 17.3 Å². The maximum atomic E-state index is 12.7.